The van der Waals surface area contributed by atoms with Gasteiger partial charge in [-0.1, -0.05) is 32.9 Å². The van der Waals surface area contributed by atoms with E-state index >= 15 is 0 Å². The molecule has 0 amide bonds. The molecule has 0 aliphatic heterocycles. The Hall–Kier alpha value is -1.99. The highest BCUT2D eigenvalue weighted by Crippen LogP contribution is 2.59. The van der Waals surface area contributed by atoms with E-state index < -0.39 is 52.5 Å². The summed E-state index contributed by atoms with van der Waals surface area (Å²) in [7, 11) is 0. The van der Waals surface area contributed by atoms with Crippen LogP contribution in [0.1, 0.15) is 74.7 Å². The Morgan fingerprint density at radius 1 is 1.00 bits per heavy atom. The standard InChI is InChI=1S/C25H38O7/c1-9-15(5)21(27)31-17-13-24(8,29)19(26)20(32-22(28)16(6)10-2)23(7)11-12-25(30,14(3)4)18(17)23/h9-10,14,17-18,20,29-30H,11-13H2,1-8H3/b15-9+,16-10-/t17-,18-,20+,23+,24-,25-/m1/s1. The molecule has 0 saturated heterocycles. The molecule has 2 N–H and O–H groups in total. The maximum Gasteiger partial charge on any atom is 0.334 e. The van der Waals surface area contributed by atoms with Gasteiger partial charge in [0.15, 0.2) is 6.10 Å². The summed E-state index contributed by atoms with van der Waals surface area (Å²) in [4.78, 5) is 38.8. The number of fused-ring (bicyclic) bond motifs is 1. The molecule has 7 nitrogen and oxygen atoms in total. The van der Waals surface area contributed by atoms with Gasteiger partial charge < -0.3 is 19.7 Å². The van der Waals surface area contributed by atoms with Gasteiger partial charge in [-0.05, 0) is 53.4 Å². The van der Waals surface area contributed by atoms with E-state index in [1.807, 2.05) is 13.8 Å². The summed E-state index contributed by atoms with van der Waals surface area (Å²) in [6.07, 6.45) is 1.51. The molecule has 0 heterocycles. The van der Waals surface area contributed by atoms with Crippen molar-refractivity contribution >= 4 is 17.7 Å². The summed E-state index contributed by atoms with van der Waals surface area (Å²) in [5.41, 5.74) is -3.49. The van der Waals surface area contributed by atoms with Gasteiger partial charge >= 0.3 is 11.9 Å². The fourth-order valence-electron chi connectivity index (χ4n) is 5.20. The van der Waals surface area contributed by atoms with Crippen LogP contribution in [0.2, 0.25) is 0 Å². The number of carbonyl (C=O) groups excluding carboxylic acids is 3. The van der Waals surface area contributed by atoms with Gasteiger partial charge in [-0.15, -0.1) is 0 Å². The number of ketones is 1. The molecular weight excluding hydrogens is 412 g/mol. The molecule has 7 heteroatoms. The van der Waals surface area contributed by atoms with E-state index in [2.05, 4.69) is 0 Å². The lowest BCUT2D eigenvalue weighted by Crippen LogP contribution is -2.54. The Balaban J connectivity index is 2.67. The molecule has 2 fully saturated rings. The van der Waals surface area contributed by atoms with Crippen molar-refractivity contribution in [2.45, 2.75) is 98.1 Å². The minimum Gasteiger partial charge on any atom is -0.458 e. The Morgan fingerprint density at radius 3 is 1.97 bits per heavy atom. The smallest absolute Gasteiger partial charge is 0.334 e. The number of esters is 2. The largest absolute Gasteiger partial charge is 0.458 e. The molecule has 0 radical (unpaired) electrons. The molecule has 0 aromatic rings. The molecule has 2 rings (SSSR count). The van der Waals surface area contributed by atoms with Crippen molar-refractivity contribution in [1.82, 2.24) is 0 Å². The van der Waals surface area contributed by atoms with E-state index in [4.69, 9.17) is 9.47 Å². The number of hydrogen-bond acceptors (Lipinski definition) is 7. The van der Waals surface area contributed by atoms with E-state index in [1.54, 1.807) is 46.8 Å². The number of hydrogen-bond donors (Lipinski definition) is 2. The Labute approximate surface area is 190 Å². The van der Waals surface area contributed by atoms with E-state index in [0.717, 1.165) is 0 Å². The highest BCUT2D eigenvalue weighted by Gasteiger charge is 2.68. The predicted octanol–water partition coefficient (Wildman–Crippen LogP) is 3.27. The zero-order chi connectivity index (χ0) is 24.6. The minimum absolute atomic E-state index is 0.194. The van der Waals surface area contributed by atoms with Crippen LogP contribution in [-0.2, 0) is 23.9 Å². The van der Waals surface area contributed by atoms with Crippen molar-refractivity contribution in [1.29, 1.82) is 0 Å². The fourth-order valence-corrected chi connectivity index (χ4v) is 5.20. The maximum absolute atomic E-state index is 13.5. The Morgan fingerprint density at radius 2 is 1.50 bits per heavy atom. The quantitative estimate of drug-likeness (QED) is 0.488. The summed E-state index contributed by atoms with van der Waals surface area (Å²) in [5, 5.41) is 22.9. The molecule has 2 aliphatic rings. The van der Waals surface area contributed by atoms with Crippen LogP contribution < -0.4 is 0 Å². The van der Waals surface area contributed by atoms with Gasteiger partial charge in [-0.3, -0.25) is 4.79 Å². The van der Waals surface area contributed by atoms with Crippen LogP contribution in [0.5, 0.6) is 0 Å². The van der Waals surface area contributed by atoms with E-state index in [0.29, 0.717) is 24.0 Å². The lowest BCUT2D eigenvalue weighted by Gasteiger charge is -2.44. The number of aliphatic hydroxyl groups is 2. The molecule has 32 heavy (non-hydrogen) atoms. The third-order valence-electron chi connectivity index (χ3n) is 7.64. The highest BCUT2D eigenvalue weighted by atomic mass is 16.6. The lowest BCUT2D eigenvalue weighted by molar-refractivity contribution is -0.176. The molecule has 0 unspecified atom stereocenters. The van der Waals surface area contributed by atoms with Gasteiger partial charge in [0, 0.05) is 28.9 Å². The molecular formula is C25H38O7. The minimum atomic E-state index is -1.91. The molecule has 0 aromatic carbocycles. The molecule has 2 saturated carbocycles. The molecule has 0 aromatic heterocycles. The highest BCUT2D eigenvalue weighted by molar-refractivity contribution is 5.96. The van der Waals surface area contributed by atoms with Crippen molar-refractivity contribution in [3.05, 3.63) is 23.3 Å². The maximum atomic E-state index is 13.5. The Bertz CT molecular complexity index is 837. The molecule has 0 bridgehead atoms. The zero-order valence-corrected chi connectivity index (χ0v) is 20.5. The second-order valence-electron chi connectivity index (χ2n) is 10.1. The summed E-state index contributed by atoms with van der Waals surface area (Å²) in [6, 6.07) is 0. The summed E-state index contributed by atoms with van der Waals surface area (Å²) in [5.74, 6) is -2.80. The fraction of sp³-hybridized carbons (Fsp3) is 0.720. The first-order chi connectivity index (χ1) is 14.7. The topological polar surface area (TPSA) is 110 Å². The van der Waals surface area contributed by atoms with Crippen LogP contribution in [0.15, 0.2) is 23.3 Å². The molecule has 180 valence electrons. The third-order valence-corrected chi connectivity index (χ3v) is 7.64. The van der Waals surface area contributed by atoms with Gasteiger partial charge in [0.1, 0.15) is 11.7 Å². The lowest BCUT2D eigenvalue weighted by atomic mass is 9.66. The van der Waals surface area contributed by atoms with Gasteiger partial charge in [-0.2, -0.15) is 0 Å². The number of ether oxygens (including phenoxy) is 2. The number of carbonyl (C=O) groups is 3. The molecule has 0 spiro atoms. The van der Waals surface area contributed by atoms with Crippen molar-refractivity contribution in [2.24, 2.45) is 17.3 Å². The first-order valence-electron chi connectivity index (χ1n) is 11.3. The van der Waals surface area contributed by atoms with Crippen LogP contribution in [-0.4, -0.2) is 51.3 Å². The molecule has 2 aliphatic carbocycles. The van der Waals surface area contributed by atoms with Crippen LogP contribution in [0.3, 0.4) is 0 Å². The van der Waals surface area contributed by atoms with E-state index in [-0.39, 0.29) is 12.3 Å². The van der Waals surface area contributed by atoms with Gasteiger partial charge in [0.2, 0.25) is 5.78 Å². The van der Waals surface area contributed by atoms with Crippen LogP contribution >= 0.6 is 0 Å². The van der Waals surface area contributed by atoms with E-state index in [1.165, 1.54) is 6.92 Å². The van der Waals surface area contributed by atoms with Crippen LogP contribution in [0, 0.1) is 17.3 Å². The van der Waals surface area contributed by atoms with Gasteiger partial charge in [0.25, 0.3) is 0 Å². The average molecular weight is 451 g/mol. The van der Waals surface area contributed by atoms with Crippen molar-refractivity contribution in [3.8, 4) is 0 Å². The second kappa shape index (κ2) is 9.10. The third kappa shape index (κ3) is 4.42. The van der Waals surface area contributed by atoms with Crippen molar-refractivity contribution < 1.29 is 34.1 Å². The normalized spacial score (nSPS) is 38.3. The van der Waals surface area contributed by atoms with Crippen molar-refractivity contribution in [2.75, 3.05) is 0 Å². The zero-order valence-electron chi connectivity index (χ0n) is 20.5. The van der Waals surface area contributed by atoms with Gasteiger partial charge in [0.05, 0.1) is 5.60 Å². The first kappa shape index (κ1) is 26.3. The number of allylic oxidation sites excluding steroid dienone is 2. The second-order valence-corrected chi connectivity index (χ2v) is 10.1. The van der Waals surface area contributed by atoms with Crippen LogP contribution in [0.25, 0.3) is 0 Å². The predicted molar refractivity (Wildman–Crippen MR) is 119 cm³/mol. The summed E-state index contributed by atoms with van der Waals surface area (Å²) < 4.78 is 11.5. The van der Waals surface area contributed by atoms with Crippen LogP contribution in [0.4, 0.5) is 0 Å². The average Bonchev–Trinajstić information content (AvgIpc) is 2.98. The summed E-state index contributed by atoms with van der Waals surface area (Å²) in [6.45, 7) is 13.5. The van der Waals surface area contributed by atoms with E-state index in [9.17, 15) is 24.6 Å². The monoisotopic (exact) mass is 450 g/mol. The molecule has 6 atom stereocenters. The SMILES string of the molecule is C/C=C(/C)C(=O)O[C@H]1C(=O)[C@](C)(O)C[C@@H](OC(=O)/C(C)=C/C)[C@@H]2[C@]1(C)CC[C@@]2(O)C(C)C. The first-order valence-corrected chi connectivity index (χ1v) is 11.3. The Kier molecular flexibility index (Phi) is 7.47. The summed E-state index contributed by atoms with van der Waals surface area (Å²) >= 11 is 0. The van der Waals surface area contributed by atoms with Crippen molar-refractivity contribution in [3.63, 3.8) is 0 Å². The number of rotatable bonds is 5. The number of Topliss-reactive ketones (excluding diaryl/α,β-unsaturated/α-hetero) is 1. The van der Waals surface area contributed by atoms with Gasteiger partial charge in [-0.25, -0.2) is 9.59 Å².